The van der Waals surface area contributed by atoms with Gasteiger partial charge in [0.25, 0.3) is 11.6 Å². The lowest BCUT2D eigenvalue weighted by molar-refractivity contribution is -0.154. The number of ketones is 1. The van der Waals surface area contributed by atoms with Crippen LogP contribution in [0.15, 0.2) is 24.3 Å². The summed E-state index contributed by atoms with van der Waals surface area (Å²) in [5.41, 5.74) is -5.20. The Labute approximate surface area is 218 Å². The van der Waals surface area contributed by atoms with Gasteiger partial charge in [-0.05, 0) is 57.2 Å². The van der Waals surface area contributed by atoms with Gasteiger partial charge in [0.15, 0.2) is 5.78 Å². The van der Waals surface area contributed by atoms with E-state index in [2.05, 4.69) is 5.32 Å². The number of imide groups is 1. The maximum atomic E-state index is 17.3. The molecule has 10 heteroatoms. The SMILES string of the molecule is CCCC(=O)[C@@](F)(C(=O)N1C(=O)OCC1(C)C)[C@H](NC(=O)OC(CC)(CC)CC)c1ccc(OC)cc1. The number of ether oxygens (including phenoxy) is 3. The summed E-state index contributed by atoms with van der Waals surface area (Å²) in [6, 6.07) is 4.15. The highest BCUT2D eigenvalue weighted by atomic mass is 19.1. The summed E-state index contributed by atoms with van der Waals surface area (Å²) in [6.45, 7) is 10.2. The Morgan fingerprint density at radius 3 is 2.11 bits per heavy atom. The van der Waals surface area contributed by atoms with E-state index in [1.54, 1.807) is 6.92 Å². The van der Waals surface area contributed by atoms with E-state index in [1.807, 2.05) is 20.8 Å². The second-order valence-electron chi connectivity index (χ2n) is 9.88. The molecule has 0 bridgehead atoms. The second kappa shape index (κ2) is 11.9. The number of cyclic esters (lactones) is 1. The topological polar surface area (TPSA) is 111 Å². The molecule has 1 aromatic rings. The van der Waals surface area contributed by atoms with Gasteiger partial charge in [-0.1, -0.05) is 39.8 Å². The number of benzene rings is 1. The third-order valence-corrected chi connectivity index (χ3v) is 7.09. The Morgan fingerprint density at radius 2 is 1.68 bits per heavy atom. The number of amides is 3. The molecule has 1 saturated heterocycles. The summed E-state index contributed by atoms with van der Waals surface area (Å²) in [5, 5.41) is 2.46. The zero-order chi connectivity index (χ0) is 28.0. The number of halogens is 1. The fraction of sp³-hybridized carbons (Fsp3) is 0.630. The summed E-state index contributed by atoms with van der Waals surface area (Å²) in [4.78, 5) is 53.4. The van der Waals surface area contributed by atoms with Crippen LogP contribution < -0.4 is 10.1 Å². The maximum absolute atomic E-state index is 17.3. The number of rotatable bonds is 12. The van der Waals surface area contributed by atoms with E-state index in [-0.39, 0.29) is 25.0 Å². The van der Waals surface area contributed by atoms with Crippen molar-refractivity contribution in [2.45, 2.75) is 96.5 Å². The highest BCUT2D eigenvalue weighted by Gasteiger charge is 2.60. The molecule has 1 fully saturated rings. The number of methoxy groups -OCH3 is 1. The molecule has 3 amide bonds. The Balaban J connectivity index is 2.66. The fourth-order valence-electron chi connectivity index (χ4n) is 4.47. The number of Topliss-reactive ketones (excluding diaryl/α,β-unsaturated/α-hetero) is 1. The van der Waals surface area contributed by atoms with Crippen LogP contribution in [0.5, 0.6) is 5.75 Å². The molecule has 0 spiro atoms. The van der Waals surface area contributed by atoms with Crippen LogP contribution in [-0.4, -0.2) is 59.3 Å². The third-order valence-electron chi connectivity index (χ3n) is 7.09. The highest BCUT2D eigenvalue weighted by Crippen LogP contribution is 2.39. The van der Waals surface area contributed by atoms with E-state index in [9.17, 15) is 19.2 Å². The summed E-state index contributed by atoms with van der Waals surface area (Å²) in [5.74, 6) is -2.01. The van der Waals surface area contributed by atoms with Crippen LogP contribution in [0.3, 0.4) is 0 Å². The minimum Gasteiger partial charge on any atom is -0.497 e. The van der Waals surface area contributed by atoms with Crippen LogP contribution in [0.4, 0.5) is 14.0 Å². The van der Waals surface area contributed by atoms with E-state index >= 15 is 4.39 Å². The molecule has 9 nitrogen and oxygen atoms in total. The summed E-state index contributed by atoms with van der Waals surface area (Å²) < 4.78 is 33.1. The number of alkyl halides is 1. The van der Waals surface area contributed by atoms with Gasteiger partial charge in [0.05, 0.1) is 12.6 Å². The highest BCUT2D eigenvalue weighted by molar-refractivity contribution is 6.14. The Morgan fingerprint density at radius 1 is 1.11 bits per heavy atom. The summed E-state index contributed by atoms with van der Waals surface area (Å²) >= 11 is 0. The molecule has 2 atom stereocenters. The second-order valence-corrected chi connectivity index (χ2v) is 9.88. The molecular formula is C27H39FN2O7. The van der Waals surface area contributed by atoms with Crippen LogP contribution in [0.1, 0.15) is 85.3 Å². The molecule has 0 unspecified atom stereocenters. The zero-order valence-electron chi connectivity index (χ0n) is 22.8. The first-order valence-electron chi connectivity index (χ1n) is 12.7. The average molecular weight is 523 g/mol. The van der Waals surface area contributed by atoms with Crippen LogP contribution >= 0.6 is 0 Å². The Bertz CT molecular complexity index is 983. The lowest BCUT2D eigenvalue weighted by Crippen LogP contribution is -2.62. The third kappa shape index (κ3) is 6.05. The molecule has 1 aromatic carbocycles. The van der Waals surface area contributed by atoms with Crippen molar-refractivity contribution in [1.29, 1.82) is 0 Å². The van der Waals surface area contributed by atoms with Gasteiger partial charge in [-0.25, -0.2) is 18.9 Å². The van der Waals surface area contributed by atoms with Gasteiger partial charge in [0, 0.05) is 6.42 Å². The van der Waals surface area contributed by atoms with Gasteiger partial charge >= 0.3 is 12.2 Å². The minimum atomic E-state index is -3.32. The molecule has 1 aliphatic heterocycles. The van der Waals surface area contributed by atoms with Crippen LogP contribution in [-0.2, 0) is 19.1 Å². The van der Waals surface area contributed by atoms with Crippen molar-refractivity contribution in [3.63, 3.8) is 0 Å². The molecule has 37 heavy (non-hydrogen) atoms. The molecule has 0 radical (unpaired) electrons. The maximum Gasteiger partial charge on any atom is 0.417 e. The number of hydrogen-bond acceptors (Lipinski definition) is 7. The van der Waals surface area contributed by atoms with Gasteiger partial charge in [-0.2, -0.15) is 0 Å². The first-order valence-corrected chi connectivity index (χ1v) is 12.7. The van der Waals surface area contributed by atoms with Crippen LogP contribution in [0, 0.1) is 0 Å². The summed E-state index contributed by atoms with van der Waals surface area (Å²) in [6.07, 6.45) is -0.532. The van der Waals surface area contributed by atoms with Crippen molar-refractivity contribution in [2.75, 3.05) is 13.7 Å². The normalized spacial score (nSPS) is 17.4. The molecule has 1 N–H and O–H groups in total. The van der Waals surface area contributed by atoms with Gasteiger partial charge in [-0.15, -0.1) is 0 Å². The van der Waals surface area contributed by atoms with Crippen molar-refractivity contribution in [3.05, 3.63) is 29.8 Å². The average Bonchev–Trinajstić information content (AvgIpc) is 3.16. The molecule has 2 rings (SSSR count). The number of alkyl carbamates (subject to hydrolysis) is 1. The lowest BCUT2D eigenvalue weighted by atomic mass is 9.82. The first-order chi connectivity index (χ1) is 17.3. The van der Waals surface area contributed by atoms with E-state index in [1.165, 1.54) is 45.2 Å². The number of nitrogens with one attached hydrogen (secondary N) is 1. The zero-order valence-corrected chi connectivity index (χ0v) is 22.8. The van der Waals surface area contributed by atoms with E-state index in [0.29, 0.717) is 29.9 Å². The van der Waals surface area contributed by atoms with Crippen molar-refractivity contribution in [3.8, 4) is 5.75 Å². The number of carbonyl (C=O) groups excluding carboxylic acids is 4. The fourth-order valence-corrected chi connectivity index (χ4v) is 4.47. The van der Waals surface area contributed by atoms with Crippen molar-refractivity contribution in [1.82, 2.24) is 10.2 Å². The molecule has 1 aliphatic rings. The van der Waals surface area contributed by atoms with Crippen molar-refractivity contribution in [2.24, 2.45) is 0 Å². The van der Waals surface area contributed by atoms with E-state index < -0.39 is 46.7 Å². The largest absolute Gasteiger partial charge is 0.497 e. The quantitative estimate of drug-likeness (QED) is 0.373. The number of hydrogen-bond donors (Lipinski definition) is 1. The van der Waals surface area contributed by atoms with Gasteiger partial charge < -0.3 is 19.5 Å². The van der Waals surface area contributed by atoms with Crippen molar-refractivity contribution >= 4 is 23.9 Å². The molecule has 1 heterocycles. The molecule has 0 aromatic heterocycles. The van der Waals surface area contributed by atoms with E-state index in [4.69, 9.17) is 14.2 Å². The minimum absolute atomic E-state index is 0.124. The molecule has 0 aliphatic carbocycles. The standard InChI is InChI=1S/C27H39FN2O7/c1-8-12-20(31)27(28,22(32)30-24(34)36-17-25(30,5)6)21(18-13-15-19(35-7)16-14-18)29-23(33)37-26(9-2,10-3)11-4/h13-16,21H,8-12,17H2,1-7H3,(H,29,33)/t21-,27+/m1/s1. The number of carbonyl (C=O) groups is 4. The van der Waals surface area contributed by atoms with Gasteiger partial charge in [0.2, 0.25) is 0 Å². The van der Waals surface area contributed by atoms with Crippen molar-refractivity contribution < 1.29 is 37.8 Å². The Kier molecular flexibility index (Phi) is 9.68. The predicted octanol–water partition coefficient (Wildman–Crippen LogP) is 5.27. The lowest BCUT2D eigenvalue weighted by Gasteiger charge is -2.38. The summed E-state index contributed by atoms with van der Waals surface area (Å²) in [7, 11) is 1.46. The van der Waals surface area contributed by atoms with Crippen LogP contribution in [0.2, 0.25) is 0 Å². The Hall–Kier alpha value is -3.17. The van der Waals surface area contributed by atoms with E-state index in [0.717, 1.165) is 0 Å². The predicted molar refractivity (Wildman–Crippen MR) is 135 cm³/mol. The molecule has 206 valence electrons. The van der Waals surface area contributed by atoms with Gasteiger partial charge in [-0.3, -0.25) is 9.59 Å². The molecular weight excluding hydrogens is 483 g/mol. The van der Waals surface area contributed by atoms with Gasteiger partial charge in [0.1, 0.15) is 24.0 Å². The first kappa shape index (κ1) is 30.1. The smallest absolute Gasteiger partial charge is 0.417 e. The monoisotopic (exact) mass is 522 g/mol. The van der Waals surface area contributed by atoms with Crippen LogP contribution in [0.25, 0.3) is 0 Å². The number of nitrogens with zero attached hydrogens (tertiary/aromatic N) is 1. The molecule has 0 saturated carbocycles.